The Kier molecular flexibility index (Phi) is 4.28. The fourth-order valence-corrected chi connectivity index (χ4v) is 3.46. The SMILES string of the molecule is COc1cc(=O)n2c(c1C(=O)Nc1ccc3c(c1)OCCO3)CCCC2. The molecule has 1 N–H and O–H groups in total. The van der Waals surface area contributed by atoms with Crippen molar-refractivity contribution < 1.29 is 19.0 Å². The van der Waals surface area contributed by atoms with Gasteiger partial charge >= 0.3 is 0 Å². The maximum Gasteiger partial charge on any atom is 0.261 e. The molecule has 0 saturated heterocycles. The van der Waals surface area contributed by atoms with E-state index in [1.807, 2.05) is 0 Å². The number of carbonyl (C=O) groups excluding carboxylic acids is 1. The van der Waals surface area contributed by atoms with Gasteiger partial charge in [-0.25, -0.2) is 0 Å². The number of ether oxygens (including phenoxy) is 3. The summed E-state index contributed by atoms with van der Waals surface area (Å²) in [5.41, 5.74) is 1.62. The van der Waals surface area contributed by atoms with Gasteiger partial charge < -0.3 is 24.1 Å². The second-order valence-electron chi connectivity index (χ2n) is 6.29. The number of methoxy groups -OCH3 is 1. The number of nitrogens with zero attached hydrogens (tertiary/aromatic N) is 1. The summed E-state index contributed by atoms with van der Waals surface area (Å²) < 4.78 is 18.0. The molecule has 0 unspecified atom stereocenters. The Morgan fingerprint density at radius 2 is 1.96 bits per heavy atom. The van der Waals surface area contributed by atoms with Crippen molar-refractivity contribution in [2.45, 2.75) is 25.8 Å². The fourth-order valence-electron chi connectivity index (χ4n) is 3.46. The molecule has 0 saturated carbocycles. The van der Waals surface area contributed by atoms with E-state index in [2.05, 4.69) is 5.32 Å². The minimum Gasteiger partial charge on any atom is -0.496 e. The molecule has 0 aliphatic carbocycles. The normalized spacial score (nSPS) is 15.1. The van der Waals surface area contributed by atoms with E-state index in [4.69, 9.17) is 14.2 Å². The molecule has 136 valence electrons. The molecule has 1 amide bonds. The molecule has 26 heavy (non-hydrogen) atoms. The summed E-state index contributed by atoms with van der Waals surface area (Å²) in [7, 11) is 1.47. The highest BCUT2D eigenvalue weighted by atomic mass is 16.6. The first-order valence-electron chi connectivity index (χ1n) is 8.69. The Labute approximate surface area is 150 Å². The van der Waals surface area contributed by atoms with Crippen LogP contribution in [0.3, 0.4) is 0 Å². The summed E-state index contributed by atoms with van der Waals surface area (Å²) in [5.74, 6) is 1.27. The smallest absolute Gasteiger partial charge is 0.261 e. The Morgan fingerprint density at radius 1 is 1.15 bits per heavy atom. The van der Waals surface area contributed by atoms with Crippen molar-refractivity contribution in [3.05, 3.63) is 45.9 Å². The lowest BCUT2D eigenvalue weighted by Gasteiger charge is -2.23. The van der Waals surface area contributed by atoms with Gasteiger partial charge in [-0.3, -0.25) is 9.59 Å². The number of benzene rings is 1. The molecule has 0 spiro atoms. The van der Waals surface area contributed by atoms with Crippen molar-refractivity contribution in [3.63, 3.8) is 0 Å². The van der Waals surface area contributed by atoms with Crippen LogP contribution in [0.5, 0.6) is 17.2 Å². The van der Waals surface area contributed by atoms with E-state index < -0.39 is 0 Å². The van der Waals surface area contributed by atoms with Crippen LogP contribution in [-0.2, 0) is 13.0 Å². The molecule has 7 nitrogen and oxygen atoms in total. The third-order valence-corrected chi connectivity index (χ3v) is 4.67. The largest absolute Gasteiger partial charge is 0.496 e. The van der Waals surface area contributed by atoms with E-state index in [1.165, 1.54) is 13.2 Å². The van der Waals surface area contributed by atoms with Crippen molar-refractivity contribution >= 4 is 11.6 Å². The van der Waals surface area contributed by atoms with Crippen molar-refractivity contribution in [2.75, 3.05) is 25.6 Å². The van der Waals surface area contributed by atoms with E-state index >= 15 is 0 Å². The van der Waals surface area contributed by atoms with Gasteiger partial charge in [0.1, 0.15) is 24.5 Å². The van der Waals surface area contributed by atoms with Crippen molar-refractivity contribution in [3.8, 4) is 17.2 Å². The first-order valence-corrected chi connectivity index (χ1v) is 8.69. The highest BCUT2D eigenvalue weighted by Gasteiger charge is 2.24. The van der Waals surface area contributed by atoms with Crippen LogP contribution in [0.4, 0.5) is 5.69 Å². The van der Waals surface area contributed by atoms with Crippen LogP contribution >= 0.6 is 0 Å². The van der Waals surface area contributed by atoms with Gasteiger partial charge in [-0.1, -0.05) is 0 Å². The molecule has 0 bridgehead atoms. The van der Waals surface area contributed by atoms with Crippen LogP contribution in [0.15, 0.2) is 29.1 Å². The zero-order chi connectivity index (χ0) is 18.1. The van der Waals surface area contributed by atoms with E-state index in [0.29, 0.717) is 54.7 Å². The molecule has 1 aromatic carbocycles. The molecule has 4 rings (SSSR count). The first-order chi connectivity index (χ1) is 12.7. The van der Waals surface area contributed by atoms with Gasteiger partial charge in [0.15, 0.2) is 11.5 Å². The molecule has 3 heterocycles. The number of fused-ring (bicyclic) bond motifs is 2. The number of hydrogen-bond acceptors (Lipinski definition) is 5. The zero-order valence-corrected chi connectivity index (χ0v) is 14.5. The highest BCUT2D eigenvalue weighted by Crippen LogP contribution is 2.33. The van der Waals surface area contributed by atoms with Gasteiger partial charge in [0.2, 0.25) is 0 Å². The lowest BCUT2D eigenvalue weighted by atomic mass is 10.0. The highest BCUT2D eigenvalue weighted by molar-refractivity contribution is 6.07. The number of nitrogens with one attached hydrogen (secondary N) is 1. The Balaban J connectivity index is 1.69. The molecule has 2 aromatic rings. The zero-order valence-electron chi connectivity index (χ0n) is 14.5. The number of amides is 1. The average Bonchev–Trinajstić information content (AvgIpc) is 2.67. The molecule has 7 heteroatoms. The van der Waals surface area contributed by atoms with Gasteiger partial charge in [0.25, 0.3) is 11.5 Å². The third-order valence-electron chi connectivity index (χ3n) is 4.67. The number of anilines is 1. The summed E-state index contributed by atoms with van der Waals surface area (Å²) in [6, 6.07) is 6.65. The van der Waals surface area contributed by atoms with Crippen molar-refractivity contribution in [1.29, 1.82) is 0 Å². The molecule has 0 fully saturated rings. The Bertz CT molecular complexity index is 919. The second-order valence-corrected chi connectivity index (χ2v) is 6.29. The minimum absolute atomic E-state index is 0.132. The van der Waals surface area contributed by atoms with Gasteiger partial charge in [0, 0.05) is 30.1 Å². The number of aromatic nitrogens is 1. The van der Waals surface area contributed by atoms with Crippen LogP contribution in [0.2, 0.25) is 0 Å². The fraction of sp³-hybridized carbons (Fsp3) is 0.368. The first kappa shape index (κ1) is 16.5. The number of rotatable bonds is 3. The van der Waals surface area contributed by atoms with Crippen LogP contribution in [0.25, 0.3) is 0 Å². The summed E-state index contributed by atoms with van der Waals surface area (Å²) in [6.45, 7) is 1.62. The third kappa shape index (κ3) is 2.89. The maximum absolute atomic E-state index is 13.0. The van der Waals surface area contributed by atoms with Crippen LogP contribution in [-0.4, -0.2) is 30.8 Å². The molecule has 1 aromatic heterocycles. The number of hydrogen-bond donors (Lipinski definition) is 1. The summed E-state index contributed by atoms with van der Waals surface area (Å²) in [6.07, 6.45) is 2.55. The van der Waals surface area contributed by atoms with Crippen LogP contribution < -0.4 is 25.1 Å². The monoisotopic (exact) mass is 356 g/mol. The molecule has 2 aliphatic rings. The topological polar surface area (TPSA) is 78.8 Å². The van der Waals surface area contributed by atoms with E-state index in [9.17, 15) is 9.59 Å². The van der Waals surface area contributed by atoms with Gasteiger partial charge in [-0.05, 0) is 31.4 Å². The van der Waals surface area contributed by atoms with Crippen molar-refractivity contribution in [1.82, 2.24) is 4.57 Å². The van der Waals surface area contributed by atoms with E-state index in [1.54, 1.807) is 22.8 Å². The number of pyridine rings is 1. The summed E-state index contributed by atoms with van der Waals surface area (Å²) >= 11 is 0. The Morgan fingerprint density at radius 3 is 2.77 bits per heavy atom. The van der Waals surface area contributed by atoms with Crippen LogP contribution in [0.1, 0.15) is 28.9 Å². The summed E-state index contributed by atoms with van der Waals surface area (Å²) in [5, 5.41) is 2.88. The molecule has 0 radical (unpaired) electrons. The second kappa shape index (κ2) is 6.74. The lowest BCUT2D eigenvalue weighted by Crippen LogP contribution is -2.30. The molecule has 2 aliphatic heterocycles. The average molecular weight is 356 g/mol. The quantitative estimate of drug-likeness (QED) is 0.912. The Hall–Kier alpha value is -2.96. The van der Waals surface area contributed by atoms with Gasteiger partial charge in [-0.15, -0.1) is 0 Å². The minimum atomic E-state index is -0.302. The van der Waals surface area contributed by atoms with Gasteiger partial charge in [0.05, 0.1) is 7.11 Å². The number of carbonyl (C=O) groups is 1. The van der Waals surface area contributed by atoms with Crippen molar-refractivity contribution in [2.24, 2.45) is 0 Å². The standard InChI is InChI=1S/C19H20N2O5/c1-24-16-11-17(22)21-7-3-2-4-13(21)18(16)19(23)20-12-5-6-14-15(10-12)26-9-8-25-14/h5-6,10-11H,2-4,7-9H2,1H3,(H,20,23). The molecule has 0 atom stereocenters. The van der Waals surface area contributed by atoms with Gasteiger partial charge in [-0.2, -0.15) is 0 Å². The predicted molar refractivity (Wildman–Crippen MR) is 95.6 cm³/mol. The summed E-state index contributed by atoms with van der Waals surface area (Å²) in [4.78, 5) is 25.2. The maximum atomic E-state index is 13.0. The van der Waals surface area contributed by atoms with Crippen LogP contribution in [0, 0.1) is 0 Å². The molecular weight excluding hydrogens is 336 g/mol. The predicted octanol–water partition coefficient (Wildman–Crippen LogP) is 2.22. The van der Waals surface area contributed by atoms with E-state index in [-0.39, 0.29) is 11.5 Å². The van der Waals surface area contributed by atoms with E-state index in [0.717, 1.165) is 18.5 Å². The lowest BCUT2D eigenvalue weighted by molar-refractivity contribution is 0.102. The molecular formula is C19H20N2O5.